The summed E-state index contributed by atoms with van der Waals surface area (Å²) in [6.45, 7) is 3.92. The molecule has 146 valence electrons. The van der Waals surface area contributed by atoms with Crippen LogP contribution in [0.4, 0.5) is 0 Å². The van der Waals surface area contributed by atoms with E-state index in [0.29, 0.717) is 12.3 Å². The van der Waals surface area contributed by atoms with Crippen LogP contribution in [0.2, 0.25) is 0 Å². The zero-order valence-corrected chi connectivity index (χ0v) is 17.5. The number of primary amides is 1. The fraction of sp³-hybridized carbons (Fsp3) is 0.368. The molecule has 0 aliphatic heterocycles. The van der Waals surface area contributed by atoms with Gasteiger partial charge in [0, 0.05) is 37.0 Å². The number of benzene rings is 1. The number of aryl methyl sites for hydroxylation is 1. The summed E-state index contributed by atoms with van der Waals surface area (Å²) in [7, 11) is 4.03. The van der Waals surface area contributed by atoms with Gasteiger partial charge in [0.25, 0.3) is 5.91 Å². The molecular weight excluding hydrogens is 410 g/mol. The normalized spacial score (nSPS) is 11.3. The molecular formula is C19H26BrN5O2. The van der Waals surface area contributed by atoms with Gasteiger partial charge in [-0.2, -0.15) is 0 Å². The van der Waals surface area contributed by atoms with Gasteiger partial charge in [-0.05, 0) is 46.6 Å². The third kappa shape index (κ3) is 6.63. The highest BCUT2D eigenvalue weighted by Gasteiger charge is 2.10. The number of nitrogens with two attached hydrogens (primary N) is 1. The Kier molecular flexibility index (Phi) is 7.72. The van der Waals surface area contributed by atoms with E-state index in [1.165, 1.54) is 5.69 Å². The minimum Gasteiger partial charge on any atom is -0.484 e. The first-order chi connectivity index (χ1) is 12.9. The van der Waals surface area contributed by atoms with Gasteiger partial charge < -0.3 is 25.3 Å². The Labute approximate surface area is 168 Å². The summed E-state index contributed by atoms with van der Waals surface area (Å²) in [4.78, 5) is 17.6. The molecule has 1 aromatic heterocycles. The predicted molar refractivity (Wildman–Crippen MR) is 111 cm³/mol. The van der Waals surface area contributed by atoms with Crippen molar-refractivity contribution in [3.05, 3.63) is 52.3 Å². The molecule has 1 aromatic carbocycles. The predicted octanol–water partition coefficient (Wildman–Crippen LogP) is 2.25. The summed E-state index contributed by atoms with van der Waals surface area (Å²) < 4.78 is 8.49. The number of aromatic nitrogens is 1. The number of hydrogen-bond acceptors (Lipinski definition) is 3. The molecule has 7 nitrogen and oxygen atoms in total. The Bertz CT molecular complexity index is 803. The molecule has 0 saturated heterocycles. The number of nitrogens with one attached hydrogen (secondary N) is 1. The van der Waals surface area contributed by atoms with Crippen LogP contribution in [0.3, 0.4) is 0 Å². The van der Waals surface area contributed by atoms with E-state index in [4.69, 9.17) is 15.5 Å². The van der Waals surface area contributed by atoms with E-state index in [1.807, 2.05) is 45.4 Å². The molecule has 0 aliphatic carbocycles. The monoisotopic (exact) mass is 435 g/mol. The quantitative estimate of drug-likeness (QED) is 0.491. The molecule has 0 spiro atoms. The summed E-state index contributed by atoms with van der Waals surface area (Å²) >= 11 is 3.50. The lowest BCUT2D eigenvalue weighted by Crippen LogP contribution is -2.38. The van der Waals surface area contributed by atoms with E-state index in [1.54, 1.807) is 6.07 Å². The first-order valence-electron chi connectivity index (χ1n) is 8.69. The lowest BCUT2D eigenvalue weighted by Gasteiger charge is -2.22. The summed E-state index contributed by atoms with van der Waals surface area (Å²) in [6, 6.07) is 9.60. The molecule has 0 fully saturated rings. The standard InChI is InChI=1S/C19H26BrN5O2/c1-4-22-19(25(3)12-16-9-15(20)11-24(16)2)23-10-14-6-5-7-17(8-14)27-13-18(21)26/h5-9,11H,4,10,12-13H2,1-3H3,(H2,21,26)(H,22,23). The number of carbonyl (C=O) groups excluding carboxylic acids is 1. The molecule has 0 aliphatic rings. The van der Waals surface area contributed by atoms with Crippen molar-refractivity contribution in [1.29, 1.82) is 0 Å². The van der Waals surface area contributed by atoms with E-state index in [0.717, 1.165) is 29.1 Å². The summed E-state index contributed by atoms with van der Waals surface area (Å²) in [5.41, 5.74) is 7.28. The molecule has 1 heterocycles. The minimum absolute atomic E-state index is 0.135. The third-order valence-corrected chi connectivity index (χ3v) is 4.29. The van der Waals surface area contributed by atoms with Gasteiger partial charge in [0.15, 0.2) is 12.6 Å². The van der Waals surface area contributed by atoms with Gasteiger partial charge in [-0.1, -0.05) is 12.1 Å². The number of carbonyl (C=O) groups is 1. The van der Waals surface area contributed by atoms with Crippen LogP contribution in [-0.4, -0.2) is 41.5 Å². The van der Waals surface area contributed by atoms with Gasteiger partial charge >= 0.3 is 0 Å². The molecule has 8 heteroatoms. The zero-order valence-electron chi connectivity index (χ0n) is 15.9. The highest BCUT2D eigenvalue weighted by Crippen LogP contribution is 2.16. The topological polar surface area (TPSA) is 84.9 Å². The van der Waals surface area contributed by atoms with Crippen LogP contribution in [0.5, 0.6) is 5.75 Å². The Morgan fingerprint density at radius 2 is 2.19 bits per heavy atom. The SMILES string of the molecule is CCNC(=NCc1cccc(OCC(N)=O)c1)N(C)Cc1cc(Br)cn1C. The van der Waals surface area contributed by atoms with Crippen LogP contribution in [0, 0.1) is 0 Å². The van der Waals surface area contributed by atoms with Crippen LogP contribution in [-0.2, 0) is 24.9 Å². The first kappa shape index (κ1) is 20.8. The van der Waals surface area contributed by atoms with Crippen LogP contribution >= 0.6 is 15.9 Å². The molecule has 0 radical (unpaired) electrons. The Morgan fingerprint density at radius 3 is 2.81 bits per heavy atom. The molecule has 3 N–H and O–H groups in total. The maximum atomic E-state index is 10.9. The first-order valence-corrected chi connectivity index (χ1v) is 9.48. The van der Waals surface area contributed by atoms with Crippen molar-refractivity contribution in [1.82, 2.24) is 14.8 Å². The second kappa shape index (κ2) is 10.0. The van der Waals surface area contributed by atoms with Crippen LogP contribution < -0.4 is 15.8 Å². The lowest BCUT2D eigenvalue weighted by molar-refractivity contribution is -0.119. The van der Waals surface area contributed by atoms with Gasteiger partial charge in [0.05, 0.1) is 13.1 Å². The van der Waals surface area contributed by atoms with E-state index < -0.39 is 5.91 Å². The molecule has 0 bridgehead atoms. The zero-order chi connectivity index (χ0) is 19.8. The highest BCUT2D eigenvalue weighted by atomic mass is 79.9. The van der Waals surface area contributed by atoms with E-state index in [-0.39, 0.29) is 6.61 Å². The summed E-state index contributed by atoms with van der Waals surface area (Å²) in [5.74, 6) is 0.925. The van der Waals surface area contributed by atoms with Crippen molar-refractivity contribution in [3.8, 4) is 5.75 Å². The van der Waals surface area contributed by atoms with E-state index in [9.17, 15) is 4.79 Å². The molecule has 2 rings (SSSR count). The second-order valence-electron chi connectivity index (χ2n) is 6.19. The fourth-order valence-electron chi connectivity index (χ4n) is 2.57. The van der Waals surface area contributed by atoms with Gasteiger partial charge in [-0.3, -0.25) is 4.79 Å². The molecule has 27 heavy (non-hydrogen) atoms. The van der Waals surface area contributed by atoms with Crippen LogP contribution in [0.25, 0.3) is 0 Å². The van der Waals surface area contributed by atoms with Crippen molar-refractivity contribution >= 4 is 27.8 Å². The summed E-state index contributed by atoms with van der Waals surface area (Å²) in [6.07, 6.45) is 2.03. The Hall–Kier alpha value is -2.48. The smallest absolute Gasteiger partial charge is 0.255 e. The van der Waals surface area contributed by atoms with Crippen molar-refractivity contribution in [2.75, 3.05) is 20.2 Å². The van der Waals surface area contributed by atoms with Crippen molar-refractivity contribution in [3.63, 3.8) is 0 Å². The van der Waals surface area contributed by atoms with Crippen LogP contribution in [0.1, 0.15) is 18.2 Å². The Balaban J connectivity index is 2.07. The number of halogens is 1. The number of nitrogens with zero attached hydrogens (tertiary/aromatic N) is 3. The number of hydrogen-bond donors (Lipinski definition) is 2. The molecule has 0 unspecified atom stereocenters. The third-order valence-electron chi connectivity index (χ3n) is 3.86. The van der Waals surface area contributed by atoms with Gasteiger partial charge in [-0.15, -0.1) is 0 Å². The second-order valence-corrected chi connectivity index (χ2v) is 7.10. The Morgan fingerprint density at radius 1 is 1.41 bits per heavy atom. The highest BCUT2D eigenvalue weighted by molar-refractivity contribution is 9.10. The maximum Gasteiger partial charge on any atom is 0.255 e. The number of ether oxygens (including phenoxy) is 1. The molecule has 0 saturated carbocycles. The number of rotatable bonds is 8. The molecule has 2 aromatic rings. The van der Waals surface area contributed by atoms with Crippen molar-refractivity contribution in [2.24, 2.45) is 17.8 Å². The average molecular weight is 436 g/mol. The van der Waals surface area contributed by atoms with Crippen molar-refractivity contribution < 1.29 is 9.53 Å². The van der Waals surface area contributed by atoms with Crippen molar-refractivity contribution in [2.45, 2.75) is 20.0 Å². The summed E-state index contributed by atoms with van der Waals surface area (Å²) in [5, 5.41) is 3.32. The largest absolute Gasteiger partial charge is 0.484 e. The molecule has 1 amide bonds. The minimum atomic E-state index is -0.498. The van der Waals surface area contributed by atoms with Gasteiger partial charge in [-0.25, -0.2) is 4.99 Å². The van der Waals surface area contributed by atoms with E-state index >= 15 is 0 Å². The number of amides is 1. The maximum absolute atomic E-state index is 10.9. The van der Waals surface area contributed by atoms with Gasteiger partial charge in [0.1, 0.15) is 5.75 Å². The van der Waals surface area contributed by atoms with Gasteiger partial charge in [0.2, 0.25) is 0 Å². The fourth-order valence-corrected chi connectivity index (χ4v) is 3.14. The number of aliphatic imine (C=N–C) groups is 1. The van der Waals surface area contributed by atoms with E-state index in [2.05, 4.69) is 36.8 Å². The number of guanidine groups is 1. The molecule has 0 atom stereocenters. The average Bonchev–Trinajstić information content (AvgIpc) is 2.94. The van der Waals surface area contributed by atoms with Crippen LogP contribution in [0.15, 0.2) is 46.0 Å². The lowest BCUT2D eigenvalue weighted by atomic mass is 10.2.